The Morgan fingerprint density at radius 3 is 1.75 bits per heavy atom. The highest BCUT2D eigenvalue weighted by Gasteiger charge is 2.38. The lowest BCUT2D eigenvalue weighted by Gasteiger charge is -2.34. The van der Waals surface area contributed by atoms with Crippen molar-refractivity contribution >= 4 is 17.9 Å². The van der Waals surface area contributed by atoms with Gasteiger partial charge in [0.25, 0.3) is 0 Å². The Labute approximate surface area is 334 Å². The Morgan fingerprint density at radius 2 is 1.28 bits per heavy atom. The molecule has 12 heteroatoms. The molecule has 2 aliphatic heterocycles. The number of nitrogens with one attached hydrogen (secondary N) is 3. The van der Waals surface area contributed by atoms with E-state index >= 15 is 0 Å². The molecule has 3 aromatic carbocycles. The van der Waals surface area contributed by atoms with Crippen LogP contribution in [0.5, 0.6) is 0 Å². The lowest BCUT2D eigenvalue weighted by atomic mass is 10.0. The van der Waals surface area contributed by atoms with Crippen LogP contribution < -0.4 is 5.32 Å². The van der Waals surface area contributed by atoms with Gasteiger partial charge in [-0.15, -0.1) is 6.58 Å². The molecule has 0 aliphatic carbocycles. The summed E-state index contributed by atoms with van der Waals surface area (Å²) in [6, 6.07) is 25.5. The summed E-state index contributed by atoms with van der Waals surface area (Å²) in [6.45, 7) is 10.8. The summed E-state index contributed by atoms with van der Waals surface area (Å²) in [7, 11) is 1.28. The van der Waals surface area contributed by atoms with Crippen LogP contribution in [0.4, 0.5) is 4.79 Å². The summed E-state index contributed by atoms with van der Waals surface area (Å²) >= 11 is 0. The topological polar surface area (TPSA) is 140 Å². The maximum atomic E-state index is 14.2. The van der Waals surface area contributed by atoms with Gasteiger partial charge in [-0.05, 0) is 73.0 Å². The number of likely N-dealkylation sites (tertiary alicyclic amines) is 2. The van der Waals surface area contributed by atoms with Crippen molar-refractivity contribution in [2.75, 3.05) is 33.3 Å². The zero-order valence-corrected chi connectivity index (χ0v) is 33.0. The van der Waals surface area contributed by atoms with Crippen LogP contribution in [0.15, 0.2) is 104 Å². The number of alkyl carbamates (subject to hydrolysis) is 1. The van der Waals surface area contributed by atoms with Crippen molar-refractivity contribution in [3.05, 3.63) is 121 Å². The highest BCUT2D eigenvalue weighted by atomic mass is 16.5. The van der Waals surface area contributed by atoms with Crippen LogP contribution in [0.2, 0.25) is 0 Å². The molecule has 0 saturated carbocycles. The van der Waals surface area contributed by atoms with Gasteiger partial charge in [0.15, 0.2) is 0 Å². The molecule has 7 rings (SSSR count). The number of rotatable bonds is 14. The van der Waals surface area contributed by atoms with Gasteiger partial charge in [-0.25, -0.2) is 14.8 Å². The van der Waals surface area contributed by atoms with Gasteiger partial charge in [0, 0.05) is 13.1 Å². The Bertz CT molecular complexity index is 2140. The van der Waals surface area contributed by atoms with Crippen LogP contribution in [-0.4, -0.2) is 91.9 Å². The predicted molar refractivity (Wildman–Crippen MR) is 221 cm³/mol. The highest BCUT2D eigenvalue weighted by molar-refractivity contribution is 5.86. The van der Waals surface area contributed by atoms with Crippen molar-refractivity contribution in [1.29, 1.82) is 0 Å². The quantitative estimate of drug-likeness (QED) is 0.0979. The number of carbonyl (C=O) groups excluding carboxylic acids is 3. The second-order valence-corrected chi connectivity index (χ2v) is 14.6. The molecule has 12 nitrogen and oxygen atoms in total. The van der Waals surface area contributed by atoms with E-state index in [0.717, 1.165) is 89.6 Å². The Balaban J connectivity index is 1.01. The number of likely N-dealkylation sites (N-methyl/N-ethyl adjacent to an activating group) is 1. The van der Waals surface area contributed by atoms with E-state index in [2.05, 4.69) is 106 Å². The number of aromatic nitrogens is 4. The number of amides is 3. The van der Waals surface area contributed by atoms with E-state index < -0.39 is 12.1 Å². The smallest absolute Gasteiger partial charge is 0.407 e. The number of benzene rings is 3. The minimum atomic E-state index is -0.750. The number of aromatic amines is 2. The molecule has 2 aromatic heterocycles. The predicted octanol–water partition coefficient (Wildman–Crippen LogP) is 7.84. The van der Waals surface area contributed by atoms with Crippen LogP contribution in [0.3, 0.4) is 0 Å². The van der Waals surface area contributed by atoms with Gasteiger partial charge in [-0.3, -0.25) is 14.5 Å². The van der Waals surface area contributed by atoms with Crippen LogP contribution in [0.1, 0.15) is 81.3 Å². The minimum Gasteiger partial charge on any atom is -0.453 e. The van der Waals surface area contributed by atoms with Crippen LogP contribution >= 0.6 is 0 Å². The number of methoxy groups -OCH3 is 1. The number of carbonyl (C=O) groups is 3. The van der Waals surface area contributed by atoms with Crippen molar-refractivity contribution in [2.45, 2.75) is 70.1 Å². The first kappa shape index (κ1) is 39.2. The number of hydrogen-bond donors (Lipinski definition) is 3. The second kappa shape index (κ2) is 17.8. The fourth-order valence-electron chi connectivity index (χ4n) is 8.30. The molecule has 0 bridgehead atoms. The minimum absolute atomic E-state index is 0.0959. The van der Waals surface area contributed by atoms with Gasteiger partial charge < -0.3 is 29.8 Å². The molecule has 2 saturated heterocycles. The van der Waals surface area contributed by atoms with E-state index in [0.29, 0.717) is 19.5 Å². The van der Waals surface area contributed by atoms with Gasteiger partial charge in [0.2, 0.25) is 11.8 Å². The Kier molecular flexibility index (Phi) is 12.3. The average molecular weight is 769 g/mol. The number of imidazole rings is 2. The largest absolute Gasteiger partial charge is 0.453 e. The van der Waals surface area contributed by atoms with Crippen molar-refractivity contribution in [3.8, 4) is 33.6 Å². The van der Waals surface area contributed by atoms with Crippen LogP contribution in [0, 0.1) is 0 Å². The fraction of sp³-hybridized carbons (Fsp3) is 0.356. The maximum absolute atomic E-state index is 14.2. The Hall–Kier alpha value is -6.01. The first-order valence-corrected chi connectivity index (χ1v) is 20.0. The molecule has 4 heterocycles. The summed E-state index contributed by atoms with van der Waals surface area (Å²) in [6.07, 6.45) is 8.38. The molecule has 2 fully saturated rings. The lowest BCUT2D eigenvalue weighted by Crippen LogP contribution is -2.48. The van der Waals surface area contributed by atoms with E-state index in [4.69, 9.17) is 9.72 Å². The van der Waals surface area contributed by atoms with Crippen LogP contribution in [0.25, 0.3) is 33.6 Å². The third kappa shape index (κ3) is 8.41. The van der Waals surface area contributed by atoms with E-state index in [9.17, 15) is 14.4 Å². The number of H-pyrrole nitrogens is 2. The standard InChI is InChI=1S/C45H52N8O4/c1-5-13-35(50-45(56)57-4)43(54)52-26-11-16-38(52)41-46-28-36(48-41)32-22-18-30(19-23-32)31-20-24-33(25-21-31)37-29-47-42(49-37)39-17-12-27-53(39)44(55)40(51(6-2)7-3)34-14-9-8-10-15-34/h5,8-10,14-15,18-25,28-29,35,38-40H,1,6-7,11-13,16-17,26-27H2,2-4H3,(H,46,48)(H,47,49)(H,50,56)/t35-,38-,39-,40+/m0/s1. The van der Waals surface area contributed by atoms with Gasteiger partial charge in [0.05, 0.1) is 43.0 Å². The van der Waals surface area contributed by atoms with E-state index in [1.807, 2.05) is 29.3 Å². The first-order valence-electron chi connectivity index (χ1n) is 20.0. The molecule has 4 atom stereocenters. The fourth-order valence-corrected chi connectivity index (χ4v) is 8.30. The zero-order chi connectivity index (χ0) is 39.9. The SMILES string of the molecule is C=CC[C@H](NC(=O)OC)C(=O)N1CCC[C@H]1c1ncc(-c2ccc(-c3ccc(-c4cnc([C@@H]5CCCN5C(=O)[C@@H](c5ccccc5)N(CC)CC)[nH]4)cc3)cc2)[nH]1. The first-order chi connectivity index (χ1) is 27.8. The molecule has 0 radical (unpaired) electrons. The summed E-state index contributed by atoms with van der Waals surface area (Å²) in [5, 5.41) is 2.64. The molecule has 0 spiro atoms. The molecular weight excluding hydrogens is 717 g/mol. The molecule has 5 aromatic rings. The second-order valence-electron chi connectivity index (χ2n) is 14.6. The van der Waals surface area contributed by atoms with Crippen molar-refractivity contribution in [3.63, 3.8) is 0 Å². The van der Waals surface area contributed by atoms with Crippen LogP contribution in [-0.2, 0) is 14.3 Å². The summed E-state index contributed by atoms with van der Waals surface area (Å²) in [4.78, 5) is 62.1. The molecule has 296 valence electrons. The number of ether oxygens (including phenoxy) is 1. The molecule has 2 aliphatic rings. The van der Waals surface area contributed by atoms with Crippen molar-refractivity contribution < 1.29 is 19.1 Å². The normalized spacial score (nSPS) is 17.8. The van der Waals surface area contributed by atoms with Gasteiger partial charge in [-0.1, -0.05) is 98.8 Å². The molecular formula is C45H52N8O4. The third-order valence-corrected chi connectivity index (χ3v) is 11.3. The van der Waals surface area contributed by atoms with E-state index in [1.165, 1.54) is 7.11 Å². The van der Waals surface area contributed by atoms with E-state index in [1.54, 1.807) is 17.2 Å². The van der Waals surface area contributed by atoms with Gasteiger partial charge >= 0.3 is 6.09 Å². The average Bonchev–Trinajstić information content (AvgIpc) is 4.10. The highest BCUT2D eigenvalue weighted by Crippen LogP contribution is 2.36. The number of hydrogen-bond acceptors (Lipinski definition) is 7. The van der Waals surface area contributed by atoms with Crippen molar-refractivity contribution in [1.82, 2.24) is 40.0 Å². The maximum Gasteiger partial charge on any atom is 0.407 e. The molecule has 3 amide bonds. The molecule has 3 N–H and O–H groups in total. The molecule has 0 unspecified atom stereocenters. The monoisotopic (exact) mass is 768 g/mol. The lowest BCUT2D eigenvalue weighted by molar-refractivity contribution is -0.138. The summed E-state index contributed by atoms with van der Waals surface area (Å²) in [5.74, 6) is 1.49. The summed E-state index contributed by atoms with van der Waals surface area (Å²) < 4.78 is 4.73. The summed E-state index contributed by atoms with van der Waals surface area (Å²) in [5.41, 5.74) is 6.98. The van der Waals surface area contributed by atoms with E-state index in [-0.39, 0.29) is 29.9 Å². The number of nitrogens with zero attached hydrogens (tertiary/aromatic N) is 5. The zero-order valence-electron chi connectivity index (χ0n) is 33.0. The van der Waals surface area contributed by atoms with Gasteiger partial charge in [0.1, 0.15) is 23.7 Å². The molecule has 57 heavy (non-hydrogen) atoms. The van der Waals surface area contributed by atoms with Gasteiger partial charge in [-0.2, -0.15) is 0 Å². The Morgan fingerprint density at radius 1 is 0.789 bits per heavy atom. The van der Waals surface area contributed by atoms with Crippen molar-refractivity contribution in [2.24, 2.45) is 0 Å². The third-order valence-electron chi connectivity index (χ3n) is 11.3.